The van der Waals surface area contributed by atoms with E-state index >= 15 is 0 Å². The van der Waals surface area contributed by atoms with Gasteiger partial charge in [-0.25, -0.2) is 14.8 Å². The number of anilines is 1. The zero-order valence-corrected chi connectivity index (χ0v) is 17.3. The van der Waals surface area contributed by atoms with Crippen molar-refractivity contribution >= 4 is 29.2 Å². The van der Waals surface area contributed by atoms with Crippen LogP contribution < -0.4 is 4.90 Å². The molecule has 0 N–H and O–H groups in total. The van der Waals surface area contributed by atoms with Gasteiger partial charge in [0.1, 0.15) is 4.88 Å². The highest BCUT2D eigenvalue weighted by Crippen LogP contribution is 2.29. The Balaban J connectivity index is 1.26. The lowest BCUT2D eigenvalue weighted by Gasteiger charge is -2.34. The maximum absolute atomic E-state index is 12.5. The number of amides is 1. The molecule has 7 nitrogen and oxygen atoms in total. The number of nitrogens with zero attached hydrogens (tertiary/aromatic N) is 4. The van der Waals surface area contributed by atoms with Gasteiger partial charge < -0.3 is 14.5 Å². The van der Waals surface area contributed by atoms with Gasteiger partial charge >= 0.3 is 5.97 Å². The molecule has 0 unspecified atom stereocenters. The third-order valence-electron chi connectivity index (χ3n) is 5.49. The summed E-state index contributed by atoms with van der Waals surface area (Å²) in [7, 11) is 0. The minimum Gasteiger partial charge on any atom is -0.451 e. The molecule has 0 aromatic carbocycles. The van der Waals surface area contributed by atoms with E-state index in [1.807, 2.05) is 6.07 Å². The number of carbonyl (C=O) groups excluding carboxylic acids is 2. The quantitative estimate of drug-likeness (QED) is 0.716. The molecular weight excluding hydrogens is 388 g/mol. The highest BCUT2D eigenvalue weighted by atomic mass is 32.1. The van der Waals surface area contributed by atoms with Gasteiger partial charge in [-0.05, 0) is 43.4 Å². The standard InChI is InChI=1S/C21H26N4O3S/c26-19(24-10-12-25(13-11-24)21-22-8-5-9-23-21)15-28-20(27)18-14-16-6-3-1-2-4-7-17(16)29-18/h5,8-9,14H,1-4,6-7,10-13,15H2. The van der Waals surface area contributed by atoms with Gasteiger partial charge in [-0.15, -0.1) is 11.3 Å². The summed E-state index contributed by atoms with van der Waals surface area (Å²) in [6, 6.07) is 3.75. The average molecular weight is 415 g/mol. The predicted octanol–water partition coefficient (Wildman–Crippen LogP) is 2.70. The molecule has 2 aromatic heterocycles. The van der Waals surface area contributed by atoms with Crippen LogP contribution in [0.15, 0.2) is 24.5 Å². The Morgan fingerprint density at radius 1 is 1.00 bits per heavy atom. The van der Waals surface area contributed by atoms with Gasteiger partial charge in [-0.2, -0.15) is 0 Å². The van der Waals surface area contributed by atoms with E-state index in [0.717, 1.165) is 12.8 Å². The highest BCUT2D eigenvalue weighted by molar-refractivity contribution is 7.14. The molecule has 1 fully saturated rings. The van der Waals surface area contributed by atoms with Crippen molar-refractivity contribution in [1.29, 1.82) is 0 Å². The van der Waals surface area contributed by atoms with Crippen LogP contribution in [0.25, 0.3) is 0 Å². The maximum atomic E-state index is 12.5. The number of piperazine rings is 1. The number of hydrogen-bond acceptors (Lipinski definition) is 7. The number of thiophene rings is 1. The van der Waals surface area contributed by atoms with Crippen LogP contribution in [0.1, 0.15) is 45.8 Å². The Bertz CT molecular complexity index is 821. The molecule has 0 spiro atoms. The van der Waals surface area contributed by atoms with E-state index < -0.39 is 0 Å². The molecular formula is C21H26N4O3S. The van der Waals surface area contributed by atoms with Crippen molar-refractivity contribution in [3.05, 3.63) is 39.8 Å². The Labute approximate surface area is 174 Å². The van der Waals surface area contributed by atoms with Gasteiger partial charge in [0.05, 0.1) is 0 Å². The number of aromatic nitrogens is 2. The second-order valence-electron chi connectivity index (χ2n) is 7.47. The lowest BCUT2D eigenvalue weighted by molar-refractivity contribution is -0.134. The second kappa shape index (κ2) is 9.35. The second-order valence-corrected chi connectivity index (χ2v) is 8.60. The van der Waals surface area contributed by atoms with Crippen molar-refractivity contribution in [1.82, 2.24) is 14.9 Å². The summed E-state index contributed by atoms with van der Waals surface area (Å²) in [5, 5.41) is 0. The van der Waals surface area contributed by atoms with Crippen molar-refractivity contribution in [3.63, 3.8) is 0 Å². The molecule has 29 heavy (non-hydrogen) atoms. The van der Waals surface area contributed by atoms with Crippen LogP contribution in [-0.4, -0.2) is 59.5 Å². The molecule has 4 rings (SSSR count). The first-order valence-electron chi connectivity index (χ1n) is 10.3. The fourth-order valence-corrected chi connectivity index (χ4v) is 4.99. The van der Waals surface area contributed by atoms with E-state index in [2.05, 4.69) is 14.9 Å². The number of carbonyl (C=O) groups is 2. The lowest BCUT2D eigenvalue weighted by Crippen LogP contribution is -2.50. The summed E-state index contributed by atoms with van der Waals surface area (Å²) in [5.41, 5.74) is 1.28. The van der Waals surface area contributed by atoms with E-state index in [1.165, 1.54) is 47.5 Å². The summed E-state index contributed by atoms with van der Waals surface area (Å²) in [5.74, 6) is 0.146. The van der Waals surface area contributed by atoms with Crippen molar-refractivity contribution < 1.29 is 14.3 Å². The monoisotopic (exact) mass is 414 g/mol. The van der Waals surface area contributed by atoms with Crippen molar-refractivity contribution in [2.24, 2.45) is 0 Å². The van der Waals surface area contributed by atoms with Gasteiger partial charge in [-0.1, -0.05) is 12.8 Å². The smallest absolute Gasteiger partial charge is 0.348 e. The van der Waals surface area contributed by atoms with Crippen molar-refractivity contribution in [3.8, 4) is 0 Å². The molecule has 1 aliphatic heterocycles. The summed E-state index contributed by atoms with van der Waals surface area (Å²) < 4.78 is 5.34. The lowest BCUT2D eigenvalue weighted by atomic mass is 10.00. The van der Waals surface area contributed by atoms with Crippen LogP contribution in [-0.2, 0) is 22.4 Å². The van der Waals surface area contributed by atoms with E-state index in [0.29, 0.717) is 37.0 Å². The zero-order chi connectivity index (χ0) is 20.1. The van der Waals surface area contributed by atoms with Gasteiger partial charge in [0, 0.05) is 43.4 Å². The molecule has 8 heteroatoms. The maximum Gasteiger partial charge on any atom is 0.348 e. The Kier molecular flexibility index (Phi) is 6.39. The minimum absolute atomic E-state index is 0.151. The molecule has 0 saturated carbocycles. The Morgan fingerprint density at radius 3 is 2.48 bits per heavy atom. The van der Waals surface area contributed by atoms with Crippen molar-refractivity contribution in [2.45, 2.75) is 38.5 Å². The molecule has 1 amide bonds. The first-order chi connectivity index (χ1) is 14.2. The number of aryl methyl sites for hydroxylation is 2. The minimum atomic E-state index is -0.383. The van der Waals surface area contributed by atoms with Crippen LogP contribution in [0.2, 0.25) is 0 Å². The van der Waals surface area contributed by atoms with Gasteiger partial charge in [0.15, 0.2) is 6.61 Å². The average Bonchev–Trinajstić information content (AvgIpc) is 3.14. The molecule has 154 valence electrons. The van der Waals surface area contributed by atoms with Crippen LogP contribution in [0.5, 0.6) is 0 Å². The van der Waals surface area contributed by atoms with E-state index in [4.69, 9.17) is 4.74 Å². The summed E-state index contributed by atoms with van der Waals surface area (Å²) >= 11 is 1.53. The van der Waals surface area contributed by atoms with Crippen molar-refractivity contribution in [2.75, 3.05) is 37.7 Å². The largest absolute Gasteiger partial charge is 0.451 e. The molecule has 0 bridgehead atoms. The highest BCUT2D eigenvalue weighted by Gasteiger charge is 2.24. The van der Waals surface area contributed by atoms with Crippen LogP contribution in [0.4, 0.5) is 5.95 Å². The van der Waals surface area contributed by atoms with Gasteiger partial charge in [0.2, 0.25) is 5.95 Å². The predicted molar refractivity (Wildman–Crippen MR) is 111 cm³/mol. The van der Waals surface area contributed by atoms with E-state index in [9.17, 15) is 9.59 Å². The first kappa shape index (κ1) is 19.8. The normalized spacial score (nSPS) is 17.2. The number of esters is 1. The number of fused-ring (bicyclic) bond motifs is 1. The number of ether oxygens (including phenoxy) is 1. The molecule has 2 aromatic rings. The SMILES string of the molecule is O=C(OCC(=O)N1CCN(c2ncccn2)CC1)c1cc2c(s1)CCCCCC2. The van der Waals surface area contributed by atoms with Gasteiger partial charge in [-0.3, -0.25) is 4.79 Å². The Morgan fingerprint density at radius 2 is 1.72 bits per heavy atom. The molecule has 1 saturated heterocycles. The van der Waals surface area contributed by atoms with E-state index in [1.54, 1.807) is 23.4 Å². The molecule has 3 heterocycles. The number of hydrogen-bond donors (Lipinski definition) is 0. The Hall–Kier alpha value is -2.48. The number of rotatable bonds is 4. The van der Waals surface area contributed by atoms with Gasteiger partial charge in [0.25, 0.3) is 5.91 Å². The molecule has 1 aliphatic carbocycles. The van der Waals surface area contributed by atoms with Crippen LogP contribution >= 0.6 is 11.3 Å². The van der Waals surface area contributed by atoms with Crippen LogP contribution in [0.3, 0.4) is 0 Å². The van der Waals surface area contributed by atoms with E-state index in [-0.39, 0.29) is 18.5 Å². The zero-order valence-electron chi connectivity index (χ0n) is 16.5. The third kappa shape index (κ3) is 4.93. The fourth-order valence-electron chi connectivity index (χ4n) is 3.84. The summed E-state index contributed by atoms with van der Waals surface area (Å²) in [4.78, 5) is 39.1. The molecule has 2 aliphatic rings. The third-order valence-corrected chi connectivity index (χ3v) is 6.71. The summed E-state index contributed by atoms with van der Waals surface area (Å²) in [6.07, 6.45) is 10.4. The summed E-state index contributed by atoms with van der Waals surface area (Å²) in [6.45, 7) is 2.27. The fraction of sp³-hybridized carbons (Fsp3) is 0.524. The van der Waals surface area contributed by atoms with Crippen LogP contribution in [0, 0.1) is 0 Å². The topological polar surface area (TPSA) is 75.6 Å². The molecule has 0 radical (unpaired) electrons. The molecule has 0 atom stereocenters. The first-order valence-corrected chi connectivity index (χ1v) is 11.1.